The quantitative estimate of drug-likeness (QED) is 0.729. The maximum atomic E-state index is 12.0. The molecule has 0 saturated carbocycles. The summed E-state index contributed by atoms with van der Waals surface area (Å²) in [6.45, 7) is 9.52. The van der Waals surface area contributed by atoms with E-state index in [0.717, 1.165) is 13.1 Å². The number of carbonyl (C=O) groups is 1. The molecule has 0 aromatic heterocycles. The van der Waals surface area contributed by atoms with Crippen molar-refractivity contribution >= 4 is 5.91 Å². The summed E-state index contributed by atoms with van der Waals surface area (Å²) in [5, 5.41) is 0. The third-order valence-corrected chi connectivity index (χ3v) is 4.51. The second-order valence-electron chi connectivity index (χ2n) is 6.14. The molecule has 2 rings (SSSR count). The monoisotopic (exact) mass is 264 g/mol. The Hall–Kier alpha value is -0.830. The lowest BCUT2D eigenvalue weighted by Crippen LogP contribution is -2.48. The van der Waals surface area contributed by atoms with Crippen LogP contribution in [0.5, 0.6) is 0 Å². The zero-order valence-corrected chi connectivity index (χ0v) is 12.7. The minimum Gasteiger partial charge on any atom is -0.338 e. The van der Waals surface area contributed by atoms with Crippen LogP contribution >= 0.6 is 0 Å². The topological polar surface area (TPSA) is 23.6 Å². The number of rotatable bonds is 4. The molecule has 2 atom stereocenters. The van der Waals surface area contributed by atoms with Crippen molar-refractivity contribution in [2.24, 2.45) is 0 Å². The Labute approximate surface area is 117 Å². The van der Waals surface area contributed by atoms with E-state index >= 15 is 0 Å². The Morgan fingerprint density at radius 2 is 1.84 bits per heavy atom. The smallest absolute Gasteiger partial charge is 0.222 e. The first-order chi connectivity index (χ1) is 9.13. The summed E-state index contributed by atoms with van der Waals surface area (Å²) in [6, 6.07) is 1.06. The van der Waals surface area contributed by atoms with Gasteiger partial charge in [-0.3, -0.25) is 9.69 Å². The summed E-state index contributed by atoms with van der Waals surface area (Å²) in [4.78, 5) is 16.8. The van der Waals surface area contributed by atoms with Gasteiger partial charge in [0.1, 0.15) is 0 Å². The fraction of sp³-hybridized carbons (Fsp3) is 0.812. The zero-order chi connectivity index (χ0) is 13.8. The van der Waals surface area contributed by atoms with Crippen molar-refractivity contribution in [1.82, 2.24) is 9.80 Å². The van der Waals surface area contributed by atoms with Gasteiger partial charge in [0.2, 0.25) is 5.91 Å². The van der Waals surface area contributed by atoms with Crippen LogP contribution in [0.1, 0.15) is 52.9 Å². The molecule has 0 unspecified atom stereocenters. The van der Waals surface area contributed by atoms with Crippen molar-refractivity contribution < 1.29 is 4.79 Å². The molecule has 3 heteroatoms. The Morgan fingerprint density at radius 1 is 1.16 bits per heavy atom. The Kier molecular flexibility index (Phi) is 5.03. The number of nitrogens with zero attached hydrogens (tertiary/aromatic N) is 2. The predicted octanol–water partition coefficient (Wildman–Crippen LogP) is 2.82. The Bertz CT molecular complexity index is 347. The molecule has 108 valence electrons. The van der Waals surface area contributed by atoms with E-state index in [0.29, 0.717) is 24.4 Å². The van der Waals surface area contributed by atoms with Gasteiger partial charge in [0.05, 0.1) is 0 Å². The van der Waals surface area contributed by atoms with Gasteiger partial charge in [0, 0.05) is 31.6 Å². The second kappa shape index (κ2) is 6.56. The minimum absolute atomic E-state index is 0.344. The van der Waals surface area contributed by atoms with Crippen molar-refractivity contribution in [2.75, 3.05) is 19.6 Å². The van der Waals surface area contributed by atoms with Gasteiger partial charge in [0.15, 0.2) is 0 Å². The summed E-state index contributed by atoms with van der Waals surface area (Å²) >= 11 is 0. The molecule has 19 heavy (non-hydrogen) atoms. The maximum Gasteiger partial charge on any atom is 0.222 e. The standard InChI is InChI=1S/C16H28N2O/c1-4-16(19)18-11-6-8-15(18)14-7-5-10-17(14)12-9-13(2)3/h9,14-15H,4-8,10-12H2,1-3H3/t14-,15-/m1/s1. The highest BCUT2D eigenvalue weighted by atomic mass is 16.2. The summed E-state index contributed by atoms with van der Waals surface area (Å²) in [7, 11) is 0. The van der Waals surface area contributed by atoms with Crippen LogP contribution < -0.4 is 0 Å². The highest BCUT2D eigenvalue weighted by molar-refractivity contribution is 5.76. The summed E-state index contributed by atoms with van der Waals surface area (Å²) in [6.07, 6.45) is 7.89. The number of hydrogen-bond donors (Lipinski definition) is 0. The van der Waals surface area contributed by atoms with Crippen molar-refractivity contribution in [2.45, 2.75) is 65.0 Å². The maximum absolute atomic E-state index is 12.0. The molecule has 2 aliphatic rings. The number of allylic oxidation sites excluding steroid dienone is 1. The van der Waals surface area contributed by atoms with E-state index < -0.39 is 0 Å². The fourth-order valence-corrected chi connectivity index (χ4v) is 3.52. The van der Waals surface area contributed by atoms with Crippen molar-refractivity contribution in [3.05, 3.63) is 11.6 Å². The molecule has 0 bridgehead atoms. The fourth-order valence-electron chi connectivity index (χ4n) is 3.52. The number of hydrogen-bond acceptors (Lipinski definition) is 2. The predicted molar refractivity (Wildman–Crippen MR) is 79.1 cm³/mol. The summed E-state index contributed by atoms with van der Waals surface area (Å²) in [5.41, 5.74) is 1.39. The molecule has 0 aliphatic carbocycles. The van der Waals surface area contributed by atoms with Gasteiger partial charge >= 0.3 is 0 Å². The third-order valence-electron chi connectivity index (χ3n) is 4.51. The van der Waals surface area contributed by atoms with Gasteiger partial charge in [-0.2, -0.15) is 0 Å². The molecular formula is C16H28N2O. The average Bonchev–Trinajstić information content (AvgIpc) is 3.03. The van der Waals surface area contributed by atoms with Crippen molar-refractivity contribution in [3.8, 4) is 0 Å². The van der Waals surface area contributed by atoms with E-state index in [1.54, 1.807) is 0 Å². The molecule has 0 radical (unpaired) electrons. The first-order valence-corrected chi connectivity index (χ1v) is 7.80. The zero-order valence-electron chi connectivity index (χ0n) is 12.7. The van der Waals surface area contributed by atoms with Gasteiger partial charge in [-0.05, 0) is 46.1 Å². The van der Waals surface area contributed by atoms with E-state index in [9.17, 15) is 4.79 Å². The molecule has 2 saturated heterocycles. The number of carbonyl (C=O) groups excluding carboxylic acids is 1. The molecule has 0 aromatic rings. The van der Waals surface area contributed by atoms with Crippen LogP contribution in [-0.4, -0.2) is 47.4 Å². The van der Waals surface area contributed by atoms with Gasteiger partial charge in [-0.1, -0.05) is 18.6 Å². The van der Waals surface area contributed by atoms with Crippen LogP contribution in [0.2, 0.25) is 0 Å². The lowest BCUT2D eigenvalue weighted by molar-refractivity contribution is -0.132. The first-order valence-electron chi connectivity index (χ1n) is 7.80. The van der Waals surface area contributed by atoms with Crippen LogP contribution in [0.25, 0.3) is 0 Å². The van der Waals surface area contributed by atoms with Gasteiger partial charge in [0.25, 0.3) is 0 Å². The van der Waals surface area contributed by atoms with Gasteiger partial charge in [-0.15, -0.1) is 0 Å². The lowest BCUT2D eigenvalue weighted by atomic mass is 10.0. The van der Waals surface area contributed by atoms with Crippen LogP contribution in [0, 0.1) is 0 Å². The van der Waals surface area contributed by atoms with Crippen LogP contribution in [0.3, 0.4) is 0 Å². The number of likely N-dealkylation sites (tertiary alicyclic amines) is 2. The van der Waals surface area contributed by atoms with E-state index in [-0.39, 0.29) is 0 Å². The highest BCUT2D eigenvalue weighted by Crippen LogP contribution is 2.30. The van der Waals surface area contributed by atoms with Gasteiger partial charge < -0.3 is 4.90 Å². The highest BCUT2D eigenvalue weighted by Gasteiger charge is 2.38. The molecule has 1 amide bonds. The van der Waals surface area contributed by atoms with E-state index in [1.807, 2.05) is 6.92 Å². The van der Waals surface area contributed by atoms with Crippen molar-refractivity contribution in [1.29, 1.82) is 0 Å². The van der Waals surface area contributed by atoms with Crippen LogP contribution in [0.4, 0.5) is 0 Å². The molecule has 0 spiro atoms. The van der Waals surface area contributed by atoms with E-state index in [1.165, 1.54) is 37.8 Å². The Morgan fingerprint density at radius 3 is 2.53 bits per heavy atom. The summed E-state index contributed by atoms with van der Waals surface area (Å²) in [5.74, 6) is 0.344. The van der Waals surface area contributed by atoms with Crippen LogP contribution in [0.15, 0.2) is 11.6 Å². The first kappa shape index (κ1) is 14.6. The average molecular weight is 264 g/mol. The minimum atomic E-state index is 0.344. The lowest BCUT2D eigenvalue weighted by Gasteiger charge is -2.34. The van der Waals surface area contributed by atoms with E-state index in [4.69, 9.17) is 0 Å². The second-order valence-corrected chi connectivity index (χ2v) is 6.14. The van der Waals surface area contributed by atoms with Crippen LogP contribution in [-0.2, 0) is 4.79 Å². The molecule has 0 aromatic carbocycles. The molecule has 2 heterocycles. The molecule has 3 nitrogen and oxygen atoms in total. The Balaban J connectivity index is 2.02. The normalized spacial score (nSPS) is 27.8. The summed E-state index contributed by atoms with van der Waals surface area (Å²) < 4.78 is 0. The molecule has 0 N–H and O–H groups in total. The van der Waals surface area contributed by atoms with Gasteiger partial charge in [-0.25, -0.2) is 0 Å². The van der Waals surface area contributed by atoms with E-state index in [2.05, 4.69) is 29.7 Å². The largest absolute Gasteiger partial charge is 0.338 e. The third kappa shape index (κ3) is 3.38. The van der Waals surface area contributed by atoms with Crippen molar-refractivity contribution in [3.63, 3.8) is 0 Å². The molecular weight excluding hydrogens is 236 g/mol. The number of amides is 1. The molecule has 2 aliphatic heterocycles. The SMILES string of the molecule is CCC(=O)N1CCC[C@@H]1[C@H]1CCCN1CC=C(C)C. The molecule has 2 fully saturated rings.